The third-order valence-electron chi connectivity index (χ3n) is 6.37. The maximum atomic E-state index is 13.3. The number of alkyl carbamates (subject to hydrolysis) is 1. The largest absolute Gasteiger partial charge is 0.453 e. The molecule has 0 saturated heterocycles. The molecule has 3 amide bonds. The van der Waals surface area contributed by atoms with Crippen molar-refractivity contribution in [2.75, 3.05) is 12.1 Å². The summed E-state index contributed by atoms with van der Waals surface area (Å²) in [4.78, 5) is 37.7. The van der Waals surface area contributed by atoms with E-state index >= 15 is 0 Å². The minimum absolute atomic E-state index is 0.00695. The van der Waals surface area contributed by atoms with Gasteiger partial charge in [0.25, 0.3) is 0 Å². The molecule has 2 aromatic carbocycles. The van der Waals surface area contributed by atoms with Gasteiger partial charge in [-0.3, -0.25) is 14.6 Å². The maximum absolute atomic E-state index is 13.3. The molecule has 0 heterocycles. The van der Waals surface area contributed by atoms with Crippen LogP contribution < -0.4 is 32.6 Å². The van der Waals surface area contributed by atoms with E-state index in [9.17, 15) is 14.4 Å². The molecule has 1 aliphatic rings. The lowest BCUT2D eigenvalue weighted by atomic mass is 9.91. The number of hydrogen-bond donors (Lipinski definition) is 5. The number of nitrogens with two attached hydrogens (primary N) is 2. The molecule has 1 atom stereocenters. The van der Waals surface area contributed by atoms with Crippen molar-refractivity contribution in [2.24, 2.45) is 16.8 Å². The summed E-state index contributed by atoms with van der Waals surface area (Å²) in [6, 6.07) is 13.6. The van der Waals surface area contributed by atoms with Crippen molar-refractivity contribution in [3.05, 3.63) is 70.8 Å². The summed E-state index contributed by atoms with van der Waals surface area (Å²) in [6.07, 6.45) is 6.78. The maximum Gasteiger partial charge on any atom is 0.407 e. The minimum atomic E-state index is -0.801. The van der Waals surface area contributed by atoms with Crippen LogP contribution >= 0.6 is 11.6 Å². The van der Waals surface area contributed by atoms with E-state index < -0.39 is 18.0 Å². The second kappa shape index (κ2) is 14.7. The van der Waals surface area contributed by atoms with Gasteiger partial charge in [0.1, 0.15) is 12.4 Å². The Kier molecular flexibility index (Phi) is 11.1. The smallest absolute Gasteiger partial charge is 0.407 e. The third kappa shape index (κ3) is 9.31. The van der Waals surface area contributed by atoms with Crippen molar-refractivity contribution in [3.8, 4) is 0 Å². The molecule has 3 rings (SSSR count). The summed E-state index contributed by atoms with van der Waals surface area (Å²) in [5.41, 5.74) is 1.99. The molecule has 0 bridgehead atoms. The zero-order chi connectivity index (χ0) is 28.2. The van der Waals surface area contributed by atoms with Gasteiger partial charge in [-0.1, -0.05) is 41.9 Å². The number of rotatable bonds is 10. The molecule has 0 radical (unpaired) electrons. The summed E-state index contributed by atoms with van der Waals surface area (Å²) in [5, 5.41) is 13.8. The predicted molar refractivity (Wildman–Crippen MR) is 152 cm³/mol. The Balaban J connectivity index is 1.68. The van der Waals surface area contributed by atoms with E-state index in [2.05, 4.69) is 25.8 Å². The molecule has 12 heteroatoms. The zero-order valence-electron chi connectivity index (χ0n) is 21.7. The van der Waals surface area contributed by atoms with Crippen LogP contribution in [-0.2, 0) is 20.7 Å². The number of benzene rings is 2. The number of carbonyl (C=O) groups excluding carboxylic acids is 3. The number of hydrazone groups is 1. The fourth-order valence-electron chi connectivity index (χ4n) is 4.38. The molecule has 0 aromatic heterocycles. The third-order valence-corrected chi connectivity index (χ3v) is 6.60. The number of halogens is 1. The normalized spacial score (nSPS) is 17.9. The van der Waals surface area contributed by atoms with Crippen LogP contribution in [0.2, 0.25) is 5.02 Å². The van der Waals surface area contributed by atoms with Crippen molar-refractivity contribution in [1.82, 2.24) is 16.0 Å². The number of methoxy groups -OCH3 is 1. The quantitative estimate of drug-likeness (QED) is 0.0987. The first kappa shape index (κ1) is 29.5. The van der Waals surface area contributed by atoms with Crippen LogP contribution in [0.4, 0.5) is 10.5 Å². The first-order valence-corrected chi connectivity index (χ1v) is 12.9. The van der Waals surface area contributed by atoms with Gasteiger partial charge in [-0.05, 0) is 55.5 Å². The van der Waals surface area contributed by atoms with Crippen LogP contribution in [0.3, 0.4) is 0 Å². The predicted octanol–water partition coefficient (Wildman–Crippen LogP) is 2.45. The second-order valence-electron chi connectivity index (χ2n) is 9.15. The van der Waals surface area contributed by atoms with Crippen LogP contribution in [0.5, 0.6) is 0 Å². The Morgan fingerprint density at radius 1 is 1.10 bits per heavy atom. The van der Waals surface area contributed by atoms with Crippen molar-refractivity contribution in [2.45, 2.75) is 50.2 Å². The molecule has 11 nitrogen and oxygen atoms in total. The molecular weight excluding hydrogens is 522 g/mol. The number of hydrazine groups is 1. The lowest BCUT2D eigenvalue weighted by Gasteiger charge is -2.30. The topological polar surface area (TPSA) is 164 Å². The van der Waals surface area contributed by atoms with Crippen LogP contribution in [0.15, 0.2) is 59.7 Å². The van der Waals surface area contributed by atoms with E-state index in [1.54, 1.807) is 24.3 Å². The molecule has 39 heavy (non-hydrogen) atoms. The first-order valence-electron chi connectivity index (χ1n) is 12.5. The lowest BCUT2D eigenvalue weighted by molar-refractivity contribution is -0.127. The Hall–Kier alpha value is -4.09. The molecular formula is C27H34ClN7O4. The molecule has 1 aliphatic carbocycles. The van der Waals surface area contributed by atoms with Gasteiger partial charge in [-0.25, -0.2) is 10.6 Å². The fourth-order valence-corrected chi connectivity index (χ4v) is 4.56. The van der Waals surface area contributed by atoms with E-state index in [1.807, 2.05) is 30.3 Å². The van der Waals surface area contributed by atoms with Gasteiger partial charge in [-0.2, -0.15) is 5.10 Å². The number of amides is 3. The lowest BCUT2D eigenvalue weighted by Crippen LogP contribution is -2.52. The highest BCUT2D eigenvalue weighted by molar-refractivity contribution is 6.30. The second-order valence-corrected chi connectivity index (χ2v) is 9.59. The van der Waals surface area contributed by atoms with Crippen LogP contribution in [0, 0.1) is 0 Å². The SMILES string of the molecule is COC(=O)NC1CCC(NC(=O)[C@H](Cc2ccccc2)NC(=O)/C=C/c2cc(Cl)ccc2N(N)/C=N\N)CC1. The zero-order valence-corrected chi connectivity index (χ0v) is 22.4. The van der Waals surface area contributed by atoms with E-state index in [4.69, 9.17) is 23.3 Å². The van der Waals surface area contributed by atoms with Crippen molar-refractivity contribution in [3.63, 3.8) is 0 Å². The molecule has 7 N–H and O–H groups in total. The van der Waals surface area contributed by atoms with Crippen LogP contribution in [-0.4, -0.2) is 49.5 Å². The average molecular weight is 556 g/mol. The highest BCUT2D eigenvalue weighted by Crippen LogP contribution is 2.24. The van der Waals surface area contributed by atoms with Gasteiger partial charge < -0.3 is 26.5 Å². The van der Waals surface area contributed by atoms with E-state index in [-0.39, 0.29) is 18.0 Å². The van der Waals surface area contributed by atoms with Crippen LogP contribution in [0.1, 0.15) is 36.8 Å². The molecule has 2 aromatic rings. The van der Waals surface area contributed by atoms with Gasteiger partial charge in [0, 0.05) is 35.2 Å². The van der Waals surface area contributed by atoms with Gasteiger partial charge in [-0.15, -0.1) is 0 Å². The summed E-state index contributed by atoms with van der Waals surface area (Å²) >= 11 is 6.13. The Morgan fingerprint density at radius 3 is 2.41 bits per heavy atom. The number of anilines is 1. The molecule has 1 saturated carbocycles. The van der Waals surface area contributed by atoms with Crippen molar-refractivity contribution < 1.29 is 19.1 Å². The van der Waals surface area contributed by atoms with Gasteiger partial charge in [0.2, 0.25) is 11.8 Å². The van der Waals surface area contributed by atoms with Gasteiger partial charge >= 0.3 is 6.09 Å². The highest BCUT2D eigenvalue weighted by atomic mass is 35.5. The summed E-state index contributed by atoms with van der Waals surface area (Å²) < 4.78 is 4.66. The van der Waals surface area contributed by atoms with E-state index in [0.29, 0.717) is 48.4 Å². The molecule has 208 valence electrons. The molecule has 0 unspecified atom stereocenters. The first-order chi connectivity index (χ1) is 18.8. The average Bonchev–Trinajstić information content (AvgIpc) is 2.93. The van der Waals surface area contributed by atoms with Gasteiger partial charge in [0.15, 0.2) is 0 Å². The minimum Gasteiger partial charge on any atom is -0.453 e. The number of nitrogens with one attached hydrogen (secondary N) is 3. The van der Waals surface area contributed by atoms with E-state index in [0.717, 1.165) is 5.56 Å². The Labute approximate surface area is 232 Å². The molecule has 0 aliphatic heterocycles. The fraction of sp³-hybridized carbons (Fsp3) is 0.333. The number of hydrogen-bond acceptors (Lipinski definition) is 7. The summed E-state index contributed by atoms with van der Waals surface area (Å²) in [7, 11) is 1.33. The standard InChI is InChI=1S/C27H34ClN7O4/c1-39-27(38)33-22-11-9-21(10-12-22)32-26(37)23(15-18-5-3-2-4-6-18)34-25(36)14-7-19-16-20(28)8-13-24(19)35(30)17-31-29/h2-8,13-14,16-17,21-23H,9-12,15,29-30H2,1H3,(H,32,37)(H,33,38)(H,34,36)/b14-7+,31-17-/t21?,22?,23-/m0/s1. The molecule has 1 fully saturated rings. The van der Waals surface area contributed by atoms with Gasteiger partial charge in [0.05, 0.1) is 12.8 Å². The Bertz CT molecular complexity index is 1180. The number of ether oxygens (including phenoxy) is 1. The Morgan fingerprint density at radius 2 is 1.77 bits per heavy atom. The van der Waals surface area contributed by atoms with Crippen molar-refractivity contribution >= 4 is 47.6 Å². The summed E-state index contributed by atoms with van der Waals surface area (Å²) in [5.74, 6) is 10.4. The van der Waals surface area contributed by atoms with Crippen LogP contribution in [0.25, 0.3) is 6.08 Å². The number of carbonyl (C=O) groups is 3. The number of nitrogens with zero attached hydrogens (tertiary/aromatic N) is 2. The van der Waals surface area contributed by atoms with E-state index in [1.165, 1.54) is 24.5 Å². The highest BCUT2D eigenvalue weighted by Gasteiger charge is 2.27. The summed E-state index contributed by atoms with van der Waals surface area (Å²) in [6.45, 7) is 0. The molecule has 0 spiro atoms. The monoisotopic (exact) mass is 555 g/mol. The van der Waals surface area contributed by atoms with Crippen molar-refractivity contribution in [1.29, 1.82) is 0 Å².